The number of benzene rings is 1. The Balaban J connectivity index is 1.75. The van der Waals surface area contributed by atoms with Gasteiger partial charge in [-0.1, -0.05) is 24.6 Å². The number of fused-ring (bicyclic) bond motifs is 1. The number of carboxylic acid groups (broad SMARTS) is 1. The molecule has 2 amide bonds. The van der Waals surface area contributed by atoms with Gasteiger partial charge in [0.1, 0.15) is 0 Å². The average Bonchev–Trinajstić information content (AvgIpc) is 3.04. The summed E-state index contributed by atoms with van der Waals surface area (Å²) in [5.41, 5.74) is 1.25. The standard InChI is InChI=1S/C16H20N2O3/c1-16(14(19)20)9-4-7-13(16)17-15(21)18-10-8-11-5-2-3-6-12(11)18/h2-3,5-6,13H,4,7-10H2,1H3,(H,17,21)(H,19,20). The van der Waals surface area contributed by atoms with Crippen LogP contribution in [0, 0.1) is 5.41 Å². The second-order valence-corrected chi connectivity index (χ2v) is 6.15. The fraction of sp³-hybridized carbons (Fsp3) is 0.500. The summed E-state index contributed by atoms with van der Waals surface area (Å²) in [5, 5.41) is 12.4. The van der Waals surface area contributed by atoms with Gasteiger partial charge in [0.25, 0.3) is 0 Å². The number of hydrogen-bond acceptors (Lipinski definition) is 2. The fourth-order valence-corrected chi connectivity index (χ4v) is 3.43. The molecule has 2 aliphatic rings. The van der Waals surface area contributed by atoms with Crippen molar-refractivity contribution in [1.82, 2.24) is 5.32 Å². The lowest BCUT2D eigenvalue weighted by Gasteiger charge is -2.29. The maximum atomic E-state index is 12.5. The van der Waals surface area contributed by atoms with Crippen LogP contribution in [-0.2, 0) is 11.2 Å². The molecule has 0 aromatic heterocycles. The molecule has 1 heterocycles. The molecule has 3 rings (SSSR count). The number of hydrogen-bond donors (Lipinski definition) is 2. The molecule has 1 aromatic rings. The topological polar surface area (TPSA) is 69.6 Å². The second-order valence-electron chi connectivity index (χ2n) is 6.15. The predicted molar refractivity (Wildman–Crippen MR) is 79.4 cm³/mol. The van der Waals surface area contributed by atoms with E-state index in [2.05, 4.69) is 5.32 Å². The third-order valence-electron chi connectivity index (χ3n) is 4.88. The molecule has 1 fully saturated rings. The Morgan fingerprint density at radius 1 is 1.38 bits per heavy atom. The third kappa shape index (κ3) is 2.26. The number of carbonyl (C=O) groups is 2. The molecule has 5 heteroatoms. The summed E-state index contributed by atoms with van der Waals surface area (Å²) in [6, 6.07) is 7.38. The van der Waals surface area contributed by atoms with Crippen molar-refractivity contribution in [3.05, 3.63) is 29.8 Å². The van der Waals surface area contributed by atoms with E-state index in [1.165, 1.54) is 5.56 Å². The molecule has 5 nitrogen and oxygen atoms in total. The van der Waals surface area contributed by atoms with Crippen LogP contribution in [0.1, 0.15) is 31.7 Å². The second kappa shape index (κ2) is 5.06. The lowest BCUT2D eigenvalue weighted by atomic mass is 9.85. The first-order chi connectivity index (χ1) is 10.0. The number of aliphatic carboxylic acids is 1. The molecular formula is C16H20N2O3. The Morgan fingerprint density at radius 3 is 2.90 bits per heavy atom. The maximum Gasteiger partial charge on any atom is 0.322 e. The third-order valence-corrected chi connectivity index (χ3v) is 4.88. The van der Waals surface area contributed by atoms with Crippen LogP contribution in [-0.4, -0.2) is 29.7 Å². The summed E-state index contributed by atoms with van der Waals surface area (Å²) in [7, 11) is 0. The van der Waals surface area contributed by atoms with E-state index in [4.69, 9.17) is 0 Å². The Labute approximate surface area is 123 Å². The number of nitrogens with zero attached hydrogens (tertiary/aromatic N) is 1. The van der Waals surface area contributed by atoms with Crippen LogP contribution in [0.25, 0.3) is 0 Å². The Morgan fingerprint density at radius 2 is 2.14 bits per heavy atom. The van der Waals surface area contributed by atoms with Crippen molar-refractivity contribution in [2.75, 3.05) is 11.4 Å². The van der Waals surface area contributed by atoms with Gasteiger partial charge in [0, 0.05) is 18.3 Å². The SMILES string of the molecule is CC1(C(=O)O)CCCC1NC(=O)N1CCc2ccccc21. The fourth-order valence-electron chi connectivity index (χ4n) is 3.43. The molecule has 0 saturated heterocycles. The molecule has 1 aliphatic heterocycles. The molecule has 112 valence electrons. The summed E-state index contributed by atoms with van der Waals surface area (Å²) in [5.74, 6) is -0.827. The molecule has 21 heavy (non-hydrogen) atoms. The Bertz CT molecular complexity index is 587. The molecular weight excluding hydrogens is 268 g/mol. The number of amides is 2. The maximum absolute atomic E-state index is 12.5. The van der Waals surface area contributed by atoms with Crippen molar-refractivity contribution in [3.63, 3.8) is 0 Å². The van der Waals surface area contributed by atoms with Crippen LogP contribution in [0.3, 0.4) is 0 Å². The van der Waals surface area contributed by atoms with Crippen LogP contribution < -0.4 is 10.2 Å². The number of nitrogens with one attached hydrogen (secondary N) is 1. The van der Waals surface area contributed by atoms with E-state index in [0.717, 1.165) is 24.9 Å². The van der Waals surface area contributed by atoms with E-state index in [-0.39, 0.29) is 12.1 Å². The highest BCUT2D eigenvalue weighted by molar-refractivity contribution is 5.94. The molecule has 1 aromatic carbocycles. The first-order valence-electron chi connectivity index (χ1n) is 7.42. The lowest BCUT2D eigenvalue weighted by molar-refractivity contribution is -0.148. The Kier molecular flexibility index (Phi) is 3.35. The smallest absolute Gasteiger partial charge is 0.322 e. The van der Waals surface area contributed by atoms with Gasteiger partial charge in [-0.25, -0.2) is 4.79 Å². The number of carboxylic acids is 1. The minimum absolute atomic E-state index is 0.181. The largest absolute Gasteiger partial charge is 0.481 e. The van der Waals surface area contributed by atoms with Crippen LogP contribution in [0.5, 0.6) is 0 Å². The zero-order valence-electron chi connectivity index (χ0n) is 12.1. The monoisotopic (exact) mass is 288 g/mol. The molecule has 0 spiro atoms. The van der Waals surface area contributed by atoms with Crippen molar-refractivity contribution in [2.45, 2.75) is 38.6 Å². The van der Waals surface area contributed by atoms with Gasteiger partial charge in [-0.15, -0.1) is 0 Å². The first kappa shape index (κ1) is 13.9. The number of para-hydroxylation sites is 1. The van der Waals surface area contributed by atoms with Crippen LogP contribution in [0.15, 0.2) is 24.3 Å². The van der Waals surface area contributed by atoms with Gasteiger partial charge >= 0.3 is 12.0 Å². The molecule has 2 N–H and O–H groups in total. The number of urea groups is 1. The first-order valence-corrected chi connectivity index (χ1v) is 7.42. The Hall–Kier alpha value is -2.04. The van der Waals surface area contributed by atoms with Crippen LogP contribution in [0.4, 0.5) is 10.5 Å². The van der Waals surface area contributed by atoms with E-state index in [9.17, 15) is 14.7 Å². The van der Waals surface area contributed by atoms with E-state index in [1.54, 1.807) is 11.8 Å². The van der Waals surface area contributed by atoms with E-state index in [0.29, 0.717) is 13.0 Å². The quantitative estimate of drug-likeness (QED) is 0.878. The minimum atomic E-state index is -0.852. The van der Waals surface area contributed by atoms with Gasteiger partial charge in [0.2, 0.25) is 0 Å². The zero-order chi connectivity index (χ0) is 15.0. The summed E-state index contributed by atoms with van der Waals surface area (Å²) in [6.07, 6.45) is 3.03. The summed E-state index contributed by atoms with van der Waals surface area (Å²) >= 11 is 0. The number of carbonyl (C=O) groups excluding carboxylic acids is 1. The molecule has 0 bridgehead atoms. The number of anilines is 1. The number of rotatable bonds is 2. The normalized spacial score (nSPS) is 27.5. The van der Waals surface area contributed by atoms with E-state index in [1.807, 2.05) is 24.3 Å². The van der Waals surface area contributed by atoms with Gasteiger partial charge in [-0.05, 0) is 37.8 Å². The molecule has 1 aliphatic carbocycles. The van der Waals surface area contributed by atoms with Crippen molar-refractivity contribution in [1.29, 1.82) is 0 Å². The van der Waals surface area contributed by atoms with E-state index < -0.39 is 11.4 Å². The van der Waals surface area contributed by atoms with Crippen LogP contribution in [0.2, 0.25) is 0 Å². The van der Waals surface area contributed by atoms with Crippen molar-refractivity contribution in [2.24, 2.45) is 5.41 Å². The lowest BCUT2D eigenvalue weighted by Crippen LogP contribution is -2.51. The summed E-state index contributed by atoms with van der Waals surface area (Å²) in [6.45, 7) is 2.38. The van der Waals surface area contributed by atoms with Gasteiger partial charge in [-0.2, -0.15) is 0 Å². The molecule has 2 atom stereocenters. The van der Waals surface area contributed by atoms with E-state index >= 15 is 0 Å². The predicted octanol–water partition coefficient (Wildman–Crippen LogP) is 2.40. The highest BCUT2D eigenvalue weighted by Crippen LogP contribution is 2.38. The minimum Gasteiger partial charge on any atom is -0.481 e. The van der Waals surface area contributed by atoms with Crippen molar-refractivity contribution >= 4 is 17.7 Å². The highest BCUT2D eigenvalue weighted by Gasteiger charge is 2.46. The van der Waals surface area contributed by atoms with Crippen molar-refractivity contribution in [3.8, 4) is 0 Å². The van der Waals surface area contributed by atoms with Gasteiger partial charge in [-0.3, -0.25) is 9.69 Å². The summed E-state index contributed by atoms with van der Waals surface area (Å²) < 4.78 is 0. The summed E-state index contributed by atoms with van der Waals surface area (Å²) in [4.78, 5) is 25.7. The van der Waals surface area contributed by atoms with Crippen molar-refractivity contribution < 1.29 is 14.7 Å². The van der Waals surface area contributed by atoms with Gasteiger partial charge in [0.05, 0.1) is 5.41 Å². The molecule has 0 radical (unpaired) electrons. The van der Waals surface area contributed by atoms with Crippen LogP contribution >= 0.6 is 0 Å². The molecule has 2 unspecified atom stereocenters. The van der Waals surface area contributed by atoms with Gasteiger partial charge in [0.15, 0.2) is 0 Å². The van der Waals surface area contributed by atoms with Gasteiger partial charge < -0.3 is 10.4 Å². The molecule has 1 saturated carbocycles. The highest BCUT2D eigenvalue weighted by atomic mass is 16.4. The zero-order valence-corrected chi connectivity index (χ0v) is 12.1. The average molecular weight is 288 g/mol.